The number of carbonyl (C=O) groups excluding carboxylic acids is 1. The zero-order valence-electron chi connectivity index (χ0n) is 11.8. The molecule has 3 rings (SSSR count). The second-order valence-corrected chi connectivity index (χ2v) is 8.26. The van der Waals surface area contributed by atoms with Crippen LogP contribution < -0.4 is 5.32 Å². The highest BCUT2D eigenvalue weighted by molar-refractivity contribution is 7.91. The summed E-state index contributed by atoms with van der Waals surface area (Å²) in [5.74, 6) is 0.717. The summed E-state index contributed by atoms with van der Waals surface area (Å²) in [6, 6.07) is -0.0363. The van der Waals surface area contributed by atoms with Gasteiger partial charge in [0.1, 0.15) is 0 Å². The minimum atomic E-state index is -2.88. The molecule has 1 amide bonds. The SMILES string of the molecule is O=C(C1CCCN1C1CCS(=O)(=O)C1)N1CCNCC1. The highest BCUT2D eigenvalue weighted by Gasteiger charge is 2.41. The molecule has 0 radical (unpaired) electrons. The van der Waals surface area contributed by atoms with Crippen molar-refractivity contribution in [3.63, 3.8) is 0 Å². The van der Waals surface area contributed by atoms with E-state index in [1.54, 1.807) is 0 Å². The van der Waals surface area contributed by atoms with E-state index in [-0.39, 0.29) is 29.5 Å². The largest absolute Gasteiger partial charge is 0.339 e. The topological polar surface area (TPSA) is 69.7 Å². The molecule has 114 valence electrons. The van der Waals surface area contributed by atoms with Gasteiger partial charge in [-0.1, -0.05) is 0 Å². The van der Waals surface area contributed by atoms with Crippen LogP contribution in [0.15, 0.2) is 0 Å². The third kappa shape index (κ3) is 2.84. The summed E-state index contributed by atoms with van der Waals surface area (Å²) in [6.07, 6.45) is 2.56. The molecule has 3 aliphatic rings. The van der Waals surface area contributed by atoms with Gasteiger partial charge in [0, 0.05) is 32.2 Å². The molecule has 0 aromatic rings. The Morgan fingerprint density at radius 2 is 1.85 bits per heavy atom. The first-order valence-electron chi connectivity index (χ1n) is 7.52. The Labute approximate surface area is 120 Å². The number of rotatable bonds is 2. The summed E-state index contributed by atoms with van der Waals surface area (Å²) in [7, 11) is -2.88. The first-order valence-corrected chi connectivity index (χ1v) is 9.35. The first-order chi connectivity index (χ1) is 9.57. The van der Waals surface area contributed by atoms with Gasteiger partial charge in [0.25, 0.3) is 0 Å². The normalized spacial score (nSPS) is 34.5. The van der Waals surface area contributed by atoms with Gasteiger partial charge in [-0.25, -0.2) is 8.42 Å². The smallest absolute Gasteiger partial charge is 0.240 e. The molecular weight excluding hydrogens is 278 g/mol. The molecule has 3 aliphatic heterocycles. The maximum absolute atomic E-state index is 12.6. The third-order valence-corrected chi connectivity index (χ3v) is 6.44. The average Bonchev–Trinajstić information content (AvgIpc) is 3.05. The van der Waals surface area contributed by atoms with Crippen molar-refractivity contribution in [3.05, 3.63) is 0 Å². The lowest BCUT2D eigenvalue weighted by atomic mass is 10.1. The van der Waals surface area contributed by atoms with E-state index in [0.29, 0.717) is 6.42 Å². The van der Waals surface area contributed by atoms with Gasteiger partial charge in [-0.15, -0.1) is 0 Å². The van der Waals surface area contributed by atoms with Gasteiger partial charge in [-0.3, -0.25) is 9.69 Å². The predicted molar refractivity (Wildman–Crippen MR) is 76.2 cm³/mol. The van der Waals surface area contributed by atoms with Gasteiger partial charge in [0.15, 0.2) is 9.84 Å². The first kappa shape index (κ1) is 14.3. The number of hydrogen-bond donors (Lipinski definition) is 1. The zero-order valence-corrected chi connectivity index (χ0v) is 12.6. The molecule has 0 bridgehead atoms. The fraction of sp³-hybridized carbons (Fsp3) is 0.923. The van der Waals surface area contributed by atoms with Crippen LogP contribution in [0.1, 0.15) is 19.3 Å². The summed E-state index contributed by atoms with van der Waals surface area (Å²) in [5.41, 5.74) is 0. The number of piperazine rings is 1. The van der Waals surface area contributed by atoms with Crippen LogP contribution in [0.3, 0.4) is 0 Å². The highest BCUT2D eigenvalue weighted by atomic mass is 32.2. The second-order valence-electron chi connectivity index (χ2n) is 6.03. The van der Waals surface area contributed by atoms with E-state index in [1.165, 1.54) is 0 Å². The van der Waals surface area contributed by atoms with Crippen molar-refractivity contribution in [3.8, 4) is 0 Å². The summed E-state index contributed by atoms with van der Waals surface area (Å²) < 4.78 is 23.3. The molecule has 0 spiro atoms. The quantitative estimate of drug-likeness (QED) is 0.714. The fourth-order valence-corrected chi connectivity index (χ4v) is 5.37. The Kier molecular flexibility index (Phi) is 4.01. The van der Waals surface area contributed by atoms with Gasteiger partial charge < -0.3 is 10.2 Å². The van der Waals surface area contributed by atoms with Crippen LogP contribution >= 0.6 is 0 Å². The summed E-state index contributed by atoms with van der Waals surface area (Å²) in [4.78, 5) is 16.7. The summed E-state index contributed by atoms with van der Waals surface area (Å²) >= 11 is 0. The molecule has 0 aromatic heterocycles. The predicted octanol–water partition coefficient (Wildman–Crippen LogP) is -0.930. The Hall–Kier alpha value is -0.660. The minimum Gasteiger partial charge on any atom is -0.339 e. The molecule has 0 aliphatic carbocycles. The van der Waals surface area contributed by atoms with Crippen molar-refractivity contribution >= 4 is 15.7 Å². The minimum absolute atomic E-state index is 0.0550. The molecule has 2 atom stereocenters. The van der Waals surface area contributed by atoms with Crippen molar-refractivity contribution in [1.82, 2.24) is 15.1 Å². The van der Waals surface area contributed by atoms with Gasteiger partial charge in [-0.2, -0.15) is 0 Å². The Bertz CT molecular complexity index is 473. The van der Waals surface area contributed by atoms with Crippen LogP contribution in [0.5, 0.6) is 0 Å². The molecule has 0 saturated carbocycles. The van der Waals surface area contributed by atoms with E-state index in [9.17, 15) is 13.2 Å². The van der Waals surface area contributed by atoms with E-state index in [4.69, 9.17) is 0 Å². The van der Waals surface area contributed by atoms with Crippen LogP contribution in [-0.4, -0.2) is 80.4 Å². The number of amides is 1. The molecule has 1 N–H and O–H groups in total. The van der Waals surface area contributed by atoms with Gasteiger partial charge >= 0.3 is 0 Å². The van der Waals surface area contributed by atoms with Crippen molar-refractivity contribution in [2.75, 3.05) is 44.2 Å². The monoisotopic (exact) mass is 301 g/mol. The van der Waals surface area contributed by atoms with E-state index < -0.39 is 9.84 Å². The van der Waals surface area contributed by atoms with Crippen LogP contribution in [0.25, 0.3) is 0 Å². The number of sulfone groups is 1. The summed E-state index contributed by atoms with van der Waals surface area (Å²) in [6.45, 7) is 4.12. The molecular formula is C13H23N3O3S. The molecule has 7 heteroatoms. The van der Waals surface area contributed by atoms with Crippen molar-refractivity contribution in [2.24, 2.45) is 0 Å². The standard InChI is InChI=1S/C13H23N3O3S/c17-13(15-7-4-14-5-8-15)12-2-1-6-16(12)11-3-9-20(18,19)10-11/h11-12,14H,1-10H2. The van der Waals surface area contributed by atoms with E-state index >= 15 is 0 Å². The highest BCUT2D eigenvalue weighted by Crippen LogP contribution is 2.27. The Morgan fingerprint density at radius 1 is 1.10 bits per heavy atom. The zero-order chi connectivity index (χ0) is 14.2. The lowest BCUT2D eigenvalue weighted by Crippen LogP contribution is -2.54. The van der Waals surface area contributed by atoms with Gasteiger partial charge in [0.05, 0.1) is 17.5 Å². The molecule has 6 nitrogen and oxygen atoms in total. The van der Waals surface area contributed by atoms with Gasteiger partial charge in [-0.05, 0) is 25.8 Å². The lowest BCUT2D eigenvalue weighted by Gasteiger charge is -2.35. The fourth-order valence-electron chi connectivity index (χ4n) is 3.62. The second kappa shape index (κ2) is 5.61. The number of carbonyl (C=O) groups is 1. The van der Waals surface area contributed by atoms with E-state index in [0.717, 1.165) is 45.6 Å². The van der Waals surface area contributed by atoms with Crippen molar-refractivity contribution in [2.45, 2.75) is 31.3 Å². The van der Waals surface area contributed by atoms with Gasteiger partial charge in [0.2, 0.25) is 5.91 Å². The van der Waals surface area contributed by atoms with Crippen LogP contribution in [-0.2, 0) is 14.6 Å². The van der Waals surface area contributed by atoms with Crippen LogP contribution in [0, 0.1) is 0 Å². The van der Waals surface area contributed by atoms with E-state index in [2.05, 4.69) is 10.2 Å². The van der Waals surface area contributed by atoms with Crippen molar-refractivity contribution in [1.29, 1.82) is 0 Å². The average molecular weight is 301 g/mol. The van der Waals surface area contributed by atoms with Crippen molar-refractivity contribution < 1.29 is 13.2 Å². The number of likely N-dealkylation sites (tertiary alicyclic amines) is 1. The maximum Gasteiger partial charge on any atom is 0.240 e. The molecule has 3 heterocycles. The van der Waals surface area contributed by atoms with Crippen LogP contribution in [0.4, 0.5) is 0 Å². The Balaban J connectivity index is 1.67. The lowest BCUT2D eigenvalue weighted by molar-refractivity contribution is -0.137. The third-order valence-electron chi connectivity index (χ3n) is 4.69. The molecule has 3 saturated heterocycles. The molecule has 20 heavy (non-hydrogen) atoms. The van der Waals surface area contributed by atoms with E-state index in [1.807, 2.05) is 4.90 Å². The number of nitrogens with zero attached hydrogens (tertiary/aromatic N) is 2. The summed E-state index contributed by atoms with van der Waals surface area (Å²) in [5, 5.41) is 3.25. The molecule has 0 aromatic carbocycles. The molecule has 3 fully saturated rings. The number of nitrogens with one attached hydrogen (secondary N) is 1. The molecule has 2 unspecified atom stereocenters. The van der Waals surface area contributed by atoms with Crippen LogP contribution in [0.2, 0.25) is 0 Å². The number of hydrogen-bond acceptors (Lipinski definition) is 5. The Morgan fingerprint density at radius 3 is 2.50 bits per heavy atom. The maximum atomic E-state index is 12.6.